The Balaban J connectivity index is 2.29. The van der Waals surface area contributed by atoms with E-state index in [0.29, 0.717) is 5.41 Å². The zero-order valence-electron chi connectivity index (χ0n) is 8.98. The summed E-state index contributed by atoms with van der Waals surface area (Å²) in [5.41, 5.74) is 0.680. The van der Waals surface area contributed by atoms with Crippen molar-refractivity contribution >= 4 is 0 Å². The van der Waals surface area contributed by atoms with E-state index in [1.54, 1.807) is 0 Å². The van der Waals surface area contributed by atoms with E-state index >= 15 is 0 Å². The molecule has 0 aromatic rings. The fourth-order valence-electron chi connectivity index (χ4n) is 1.94. The van der Waals surface area contributed by atoms with Gasteiger partial charge in [-0.3, -0.25) is 0 Å². The summed E-state index contributed by atoms with van der Waals surface area (Å²) in [6.07, 6.45) is 5.71. The summed E-state index contributed by atoms with van der Waals surface area (Å²) in [6, 6.07) is 0.719. The van der Waals surface area contributed by atoms with Crippen molar-refractivity contribution in [3.8, 4) is 0 Å². The second kappa shape index (κ2) is 3.78. The molecule has 12 heavy (non-hydrogen) atoms. The Labute approximate surface area is 76.9 Å². The maximum atomic E-state index is 3.39. The molecule has 0 spiro atoms. The first-order valence-corrected chi connectivity index (χ1v) is 5.28. The Kier molecular flexibility index (Phi) is 3.16. The smallest absolute Gasteiger partial charge is 0.00921 e. The summed E-state index contributed by atoms with van der Waals surface area (Å²) in [5.74, 6) is 0.867. The predicted octanol–water partition coefficient (Wildman–Crippen LogP) is 2.81. The molecule has 0 amide bonds. The summed E-state index contributed by atoms with van der Waals surface area (Å²) in [4.78, 5) is 0. The van der Waals surface area contributed by atoms with Gasteiger partial charge in [0.1, 0.15) is 0 Å². The lowest BCUT2D eigenvalue weighted by Gasteiger charge is -2.23. The molecule has 1 aliphatic rings. The largest absolute Gasteiger partial charge is 0.317 e. The number of rotatable bonds is 5. The van der Waals surface area contributed by atoms with Crippen LogP contribution in [0, 0.1) is 11.3 Å². The molecule has 1 unspecified atom stereocenters. The van der Waals surface area contributed by atoms with E-state index < -0.39 is 0 Å². The van der Waals surface area contributed by atoms with Crippen LogP contribution in [-0.2, 0) is 0 Å². The van der Waals surface area contributed by atoms with Crippen molar-refractivity contribution in [1.82, 2.24) is 5.32 Å². The van der Waals surface area contributed by atoms with Gasteiger partial charge in [-0.25, -0.2) is 0 Å². The van der Waals surface area contributed by atoms with Crippen LogP contribution in [0.2, 0.25) is 0 Å². The third-order valence-electron chi connectivity index (χ3n) is 3.46. The van der Waals surface area contributed by atoms with Gasteiger partial charge in [0.25, 0.3) is 0 Å². The first kappa shape index (κ1) is 10.0. The third-order valence-corrected chi connectivity index (χ3v) is 3.46. The molecule has 1 saturated carbocycles. The van der Waals surface area contributed by atoms with Crippen LogP contribution >= 0.6 is 0 Å². The van der Waals surface area contributed by atoms with Crippen LogP contribution in [-0.4, -0.2) is 13.1 Å². The third kappa shape index (κ3) is 2.22. The normalized spacial score (nSPS) is 22.8. The first-order valence-electron chi connectivity index (χ1n) is 5.28. The second-order valence-electron chi connectivity index (χ2n) is 4.81. The second-order valence-corrected chi connectivity index (χ2v) is 4.81. The van der Waals surface area contributed by atoms with E-state index in [9.17, 15) is 0 Å². The fraction of sp³-hybridized carbons (Fsp3) is 1.00. The zero-order chi connectivity index (χ0) is 9.19. The zero-order valence-corrected chi connectivity index (χ0v) is 8.98. The molecule has 0 saturated heterocycles. The summed E-state index contributed by atoms with van der Waals surface area (Å²) in [5, 5.41) is 3.39. The molecule has 1 fully saturated rings. The molecule has 1 heteroatoms. The molecule has 1 N–H and O–H groups in total. The minimum absolute atomic E-state index is 0.680. The maximum absolute atomic E-state index is 3.39. The summed E-state index contributed by atoms with van der Waals surface area (Å²) in [7, 11) is 2.08. The minimum atomic E-state index is 0.680. The van der Waals surface area contributed by atoms with E-state index in [2.05, 4.69) is 33.1 Å². The first-order chi connectivity index (χ1) is 5.60. The predicted molar refractivity (Wildman–Crippen MR) is 54.3 cm³/mol. The highest BCUT2D eigenvalue weighted by Crippen LogP contribution is 2.52. The lowest BCUT2D eigenvalue weighted by atomic mass is 9.89. The van der Waals surface area contributed by atoms with Crippen LogP contribution in [0.1, 0.15) is 46.5 Å². The highest BCUT2D eigenvalue weighted by Gasteiger charge is 2.45. The van der Waals surface area contributed by atoms with Gasteiger partial charge in [-0.1, -0.05) is 20.3 Å². The Hall–Kier alpha value is -0.0400. The summed E-state index contributed by atoms with van der Waals surface area (Å²) in [6.45, 7) is 6.97. The van der Waals surface area contributed by atoms with Crippen LogP contribution in [0.4, 0.5) is 0 Å². The topological polar surface area (TPSA) is 12.0 Å². The van der Waals surface area contributed by atoms with E-state index in [1.165, 1.54) is 25.7 Å². The van der Waals surface area contributed by atoms with Crippen molar-refractivity contribution in [1.29, 1.82) is 0 Å². The molecule has 1 aliphatic carbocycles. The molecule has 0 aromatic carbocycles. The number of hydrogen-bond acceptors (Lipinski definition) is 1. The SMILES string of the molecule is CNC(C)C1(CCC(C)C)CC1. The van der Waals surface area contributed by atoms with Gasteiger partial charge in [0.15, 0.2) is 0 Å². The van der Waals surface area contributed by atoms with Gasteiger partial charge in [0.2, 0.25) is 0 Å². The Bertz CT molecular complexity index is 136. The molecular formula is C11H23N. The van der Waals surface area contributed by atoms with Gasteiger partial charge < -0.3 is 5.32 Å². The molecule has 0 aliphatic heterocycles. The van der Waals surface area contributed by atoms with Gasteiger partial charge >= 0.3 is 0 Å². The van der Waals surface area contributed by atoms with Crippen molar-refractivity contribution in [3.05, 3.63) is 0 Å². The molecule has 1 atom stereocenters. The van der Waals surface area contributed by atoms with Crippen molar-refractivity contribution in [2.45, 2.75) is 52.5 Å². The van der Waals surface area contributed by atoms with Crippen molar-refractivity contribution in [3.63, 3.8) is 0 Å². The van der Waals surface area contributed by atoms with Gasteiger partial charge in [0, 0.05) is 6.04 Å². The monoisotopic (exact) mass is 169 g/mol. The van der Waals surface area contributed by atoms with Crippen LogP contribution in [0.3, 0.4) is 0 Å². The van der Waals surface area contributed by atoms with Gasteiger partial charge in [-0.15, -0.1) is 0 Å². The van der Waals surface area contributed by atoms with E-state index in [1.807, 2.05) is 0 Å². The van der Waals surface area contributed by atoms with E-state index in [4.69, 9.17) is 0 Å². The Morgan fingerprint density at radius 3 is 2.17 bits per heavy atom. The summed E-state index contributed by atoms with van der Waals surface area (Å²) >= 11 is 0. The van der Waals surface area contributed by atoms with Crippen LogP contribution in [0.15, 0.2) is 0 Å². The summed E-state index contributed by atoms with van der Waals surface area (Å²) < 4.78 is 0. The lowest BCUT2D eigenvalue weighted by molar-refractivity contribution is 0.320. The molecule has 0 aromatic heterocycles. The Morgan fingerprint density at radius 1 is 1.25 bits per heavy atom. The number of hydrogen-bond donors (Lipinski definition) is 1. The Morgan fingerprint density at radius 2 is 1.83 bits per heavy atom. The molecule has 0 heterocycles. The average Bonchev–Trinajstić information content (AvgIpc) is 2.80. The molecule has 0 radical (unpaired) electrons. The van der Waals surface area contributed by atoms with Crippen LogP contribution < -0.4 is 5.32 Å². The molecule has 0 bridgehead atoms. The molecule has 72 valence electrons. The minimum Gasteiger partial charge on any atom is -0.317 e. The van der Waals surface area contributed by atoms with Gasteiger partial charge in [0.05, 0.1) is 0 Å². The van der Waals surface area contributed by atoms with Crippen LogP contribution in [0.25, 0.3) is 0 Å². The average molecular weight is 169 g/mol. The number of nitrogens with one attached hydrogen (secondary N) is 1. The quantitative estimate of drug-likeness (QED) is 0.667. The molecular weight excluding hydrogens is 146 g/mol. The highest BCUT2D eigenvalue weighted by molar-refractivity contribution is 4.99. The highest BCUT2D eigenvalue weighted by atomic mass is 14.9. The maximum Gasteiger partial charge on any atom is 0.00921 e. The standard InChI is InChI=1S/C11H23N/c1-9(2)5-6-11(7-8-11)10(3)12-4/h9-10,12H,5-8H2,1-4H3. The van der Waals surface area contributed by atoms with Crippen molar-refractivity contribution in [2.75, 3.05) is 7.05 Å². The van der Waals surface area contributed by atoms with Crippen molar-refractivity contribution in [2.24, 2.45) is 11.3 Å². The van der Waals surface area contributed by atoms with E-state index in [0.717, 1.165) is 12.0 Å². The lowest BCUT2D eigenvalue weighted by Crippen LogP contribution is -2.32. The van der Waals surface area contributed by atoms with Crippen molar-refractivity contribution < 1.29 is 0 Å². The van der Waals surface area contributed by atoms with E-state index in [-0.39, 0.29) is 0 Å². The van der Waals surface area contributed by atoms with Gasteiger partial charge in [-0.2, -0.15) is 0 Å². The fourth-order valence-corrected chi connectivity index (χ4v) is 1.94. The molecule has 1 rings (SSSR count). The van der Waals surface area contributed by atoms with Gasteiger partial charge in [-0.05, 0) is 44.6 Å². The van der Waals surface area contributed by atoms with Crippen LogP contribution in [0.5, 0.6) is 0 Å². The molecule has 1 nitrogen and oxygen atoms in total.